The van der Waals surface area contributed by atoms with Crippen molar-refractivity contribution in [2.75, 3.05) is 11.9 Å². The van der Waals surface area contributed by atoms with Crippen LogP contribution in [0, 0.1) is 6.92 Å². The van der Waals surface area contributed by atoms with E-state index in [1.807, 2.05) is 45.2 Å². The largest absolute Gasteiger partial charge is 0.385 e. The number of carbonyl (C=O) groups is 1. The third kappa shape index (κ3) is 3.17. The second-order valence-electron chi connectivity index (χ2n) is 4.67. The molecule has 1 aromatic carbocycles. The first-order valence-corrected chi connectivity index (χ1v) is 6.71. The molecule has 0 aliphatic heterocycles. The van der Waals surface area contributed by atoms with E-state index in [1.165, 1.54) is 0 Å². The zero-order chi connectivity index (χ0) is 14.5. The summed E-state index contributed by atoms with van der Waals surface area (Å²) in [5.74, 6) is -0.0729. The first kappa shape index (κ1) is 14.1. The second kappa shape index (κ2) is 6.23. The summed E-state index contributed by atoms with van der Waals surface area (Å²) in [6, 6.07) is 7.47. The summed E-state index contributed by atoms with van der Waals surface area (Å²) in [6.07, 6.45) is 1.78. The Balaban J connectivity index is 1.96. The Bertz CT molecular complexity index is 586. The van der Waals surface area contributed by atoms with Gasteiger partial charge in [0, 0.05) is 42.6 Å². The molecular weight excluding hydrogens is 252 g/mol. The van der Waals surface area contributed by atoms with Gasteiger partial charge in [-0.1, -0.05) is 0 Å². The van der Waals surface area contributed by atoms with E-state index in [2.05, 4.69) is 15.7 Å². The number of benzene rings is 1. The molecule has 2 rings (SSSR count). The molecule has 20 heavy (non-hydrogen) atoms. The maximum Gasteiger partial charge on any atom is 0.251 e. The smallest absolute Gasteiger partial charge is 0.251 e. The van der Waals surface area contributed by atoms with E-state index in [0.717, 1.165) is 23.5 Å². The minimum absolute atomic E-state index is 0.0729. The number of carbonyl (C=O) groups excluding carboxylic acids is 1. The summed E-state index contributed by atoms with van der Waals surface area (Å²) in [6.45, 7) is 5.38. The average molecular weight is 272 g/mol. The monoisotopic (exact) mass is 272 g/mol. The zero-order valence-corrected chi connectivity index (χ0v) is 12.1. The SMILES string of the molecule is CCNc1ccc(C(=O)NCc2cnn(C)c2C)cc1. The summed E-state index contributed by atoms with van der Waals surface area (Å²) in [7, 11) is 1.89. The third-order valence-corrected chi connectivity index (χ3v) is 3.30. The second-order valence-corrected chi connectivity index (χ2v) is 4.67. The van der Waals surface area contributed by atoms with E-state index in [0.29, 0.717) is 12.1 Å². The first-order chi connectivity index (χ1) is 9.61. The van der Waals surface area contributed by atoms with Crippen molar-refractivity contribution in [3.63, 3.8) is 0 Å². The van der Waals surface area contributed by atoms with Crippen LogP contribution in [-0.4, -0.2) is 22.2 Å². The fourth-order valence-electron chi connectivity index (χ4n) is 1.94. The number of aromatic nitrogens is 2. The lowest BCUT2D eigenvalue weighted by molar-refractivity contribution is 0.0951. The Morgan fingerprint density at radius 3 is 2.55 bits per heavy atom. The molecule has 0 aliphatic carbocycles. The van der Waals surface area contributed by atoms with Crippen LogP contribution >= 0.6 is 0 Å². The molecule has 1 aromatic heterocycles. The minimum atomic E-state index is -0.0729. The Hall–Kier alpha value is -2.30. The van der Waals surface area contributed by atoms with Crippen LogP contribution in [0.3, 0.4) is 0 Å². The highest BCUT2D eigenvalue weighted by Crippen LogP contribution is 2.10. The van der Waals surface area contributed by atoms with Gasteiger partial charge in [-0.3, -0.25) is 9.48 Å². The van der Waals surface area contributed by atoms with Gasteiger partial charge in [-0.2, -0.15) is 5.10 Å². The molecule has 106 valence electrons. The van der Waals surface area contributed by atoms with Gasteiger partial charge in [0.15, 0.2) is 0 Å². The van der Waals surface area contributed by atoms with Crippen molar-refractivity contribution in [3.8, 4) is 0 Å². The van der Waals surface area contributed by atoms with Gasteiger partial charge in [0.2, 0.25) is 0 Å². The molecule has 0 bridgehead atoms. The van der Waals surface area contributed by atoms with Crippen molar-refractivity contribution in [2.45, 2.75) is 20.4 Å². The normalized spacial score (nSPS) is 10.3. The fraction of sp³-hybridized carbons (Fsp3) is 0.333. The molecule has 1 heterocycles. The van der Waals surface area contributed by atoms with Crippen LogP contribution in [0.5, 0.6) is 0 Å². The molecule has 0 saturated carbocycles. The van der Waals surface area contributed by atoms with Gasteiger partial charge in [0.25, 0.3) is 5.91 Å². The molecule has 0 radical (unpaired) electrons. The lowest BCUT2D eigenvalue weighted by atomic mass is 10.2. The number of hydrogen-bond acceptors (Lipinski definition) is 3. The first-order valence-electron chi connectivity index (χ1n) is 6.71. The summed E-state index contributed by atoms with van der Waals surface area (Å²) < 4.78 is 1.80. The van der Waals surface area contributed by atoms with E-state index in [4.69, 9.17) is 0 Å². The Labute approximate surface area is 119 Å². The maximum atomic E-state index is 12.0. The summed E-state index contributed by atoms with van der Waals surface area (Å²) in [4.78, 5) is 12.0. The molecular formula is C15H20N4O. The number of aryl methyl sites for hydroxylation is 1. The molecule has 2 N–H and O–H groups in total. The Morgan fingerprint density at radius 2 is 2.00 bits per heavy atom. The number of nitrogens with zero attached hydrogens (tertiary/aromatic N) is 2. The number of amides is 1. The van der Waals surface area contributed by atoms with E-state index < -0.39 is 0 Å². The predicted molar refractivity (Wildman–Crippen MR) is 79.7 cm³/mol. The molecule has 5 nitrogen and oxygen atoms in total. The van der Waals surface area contributed by atoms with E-state index in [9.17, 15) is 4.79 Å². The van der Waals surface area contributed by atoms with Crippen molar-refractivity contribution in [2.24, 2.45) is 7.05 Å². The minimum Gasteiger partial charge on any atom is -0.385 e. The highest BCUT2D eigenvalue weighted by atomic mass is 16.1. The number of anilines is 1. The quantitative estimate of drug-likeness (QED) is 0.876. The highest BCUT2D eigenvalue weighted by Gasteiger charge is 2.08. The molecule has 1 amide bonds. The fourth-order valence-corrected chi connectivity index (χ4v) is 1.94. The van der Waals surface area contributed by atoms with Gasteiger partial charge < -0.3 is 10.6 Å². The zero-order valence-electron chi connectivity index (χ0n) is 12.1. The standard InChI is InChI=1S/C15H20N4O/c1-4-16-14-7-5-12(6-8-14)15(20)17-9-13-10-18-19(3)11(13)2/h5-8,10,16H,4,9H2,1-3H3,(H,17,20). The van der Waals surface area contributed by atoms with Gasteiger partial charge in [-0.25, -0.2) is 0 Å². The van der Waals surface area contributed by atoms with E-state index in [-0.39, 0.29) is 5.91 Å². The van der Waals surface area contributed by atoms with E-state index >= 15 is 0 Å². The van der Waals surface area contributed by atoms with Crippen LogP contribution < -0.4 is 10.6 Å². The van der Waals surface area contributed by atoms with Crippen molar-refractivity contribution < 1.29 is 4.79 Å². The highest BCUT2D eigenvalue weighted by molar-refractivity contribution is 5.94. The van der Waals surface area contributed by atoms with Crippen LogP contribution in [0.1, 0.15) is 28.5 Å². The van der Waals surface area contributed by atoms with Crippen LogP contribution in [0.4, 0.5) is 5.69 Å². The van der Waals surface area contributed by atoms with Crippen molar-refractivity contribution in [1.29, 1.82) is 0 Å². The van der Waals surface area contributed by atoms with Crippen LogP contribution in [0.25, 0.3) is 0 Å². The van der Waals surface area contributed by atoms with Gasteiger partial charge in [-0.05, 0) is 38.1 Å². The number of hydrogen-bond donors (Lipinski definition) is 2. The van der Waals surface area contributed by atoms with Crippen LogP contribution in [0.2, 0.25) is 0 Å². The molecule has 0 atom stereocenters. The summed E-state index contributed by atoms with van der Waals surface area (Å²) in [5, 5.41) is 10.3. The van der Waals surface area contributed by atoms with Gasteiger partial charge in [0.1, 0.15) is 0 Å². The maximum absolute atomic E-state index is 12.0. The Kier molecular flexibility index (Phi) is 4.40. The van der Waals surface area contributed by atoms with Crippen molar-refractivity contribution in [1.82, 2.24) is 15.1 Å². The van der Waals surface area contributed by atoms with E-state index in [1.54, 1.807) is 10.9 Å². The summed E-state index contributed by atoms with van der Waals surface area (Å²) in [5.41, 5.74) is 3.78. The van der Waals surface area contributed by atoms with Crippen LogP contribution in [0.15, 0.2) is 30.5 Å². The third-order valence-electron chi connectivity index (χ3n) is 3.30. The predicted octanol–water partition coefficient (Wildman–Crippen LogP) is 2.09. The molecule has 2 aromatic rings. The Morgan fingerprint density at radius 1 is 1.30 bits per heavy atom. The molecule has 0 spiro atoms. The van der Waals surface area contributed by atoms with Crippen molar-refractivity contribution in [3.05, 3.63) is 47.3 Å². The lowest BCUT2D eigenvalue weighted by Gasteiger charge is -2.07. The number of nitrogens with one attached hydrogen (secondary N) is 2. The topological polar surface area (TPSA) is 59.0 Å². The van der Waals surface area contributed by atoms with Gasteiger partial charge in [0.05, 0.1) is 6.20 Å². The lowest BCUT2D eigenvalue weighted by Crippen LogP contribution is -2.23. The molecule has 0 aliphatic rings. The molecule has 5 heteroatoms. The number of rotatable bonds is 5. The molecule has 0 unspecified atom stereocenters. The van der Waals surface area contributed by atoms with Gasteiger partial charge in [-0.15, -0.1) is 0 Å². The van der Waals surface area contributed by atoms with Crippen molar-refractivity contribution >= 4 is 11.6 Å². The molecule has 0 fully saturated rings. The summed E-state index contributed by atoms with van der Waals surface area (Å²) >= 11 is 0. The van der Waals surface area contributed by atoms with Crippen LogP contribution in [-0.2, 0) is 13.6 Å². The van der Waals surface area contributed by atoms with Gasteiger partial charge >= 0.3 is 0 Å². The molecule has 0 saturated heterocycles. The average Bonchev–Trinajstić information content (AvgIpc) is 2.77.